The first-order valence-electron chi connectivity index (χ1n) is 3.51. The van der Waals surface area contributed by atoms with E-state index < -0.39 is 5.97 Å². The van der Waals surface area contributed by atoms with Crippen LogP contribution >= 0.6 is 11.3 Å². The second kappa shape index (κ2) is 3.49. The molecule has 0 atom stereocenters. The van der Waals surface area contributed by atoms with Crippen molar-refractivity contribution in [2.24, 2.45) is 0 Å². The van der Waals surface area contributed by atoms with Crippen molar-refractivity contribution in [1.82, 2.24) is 0 Å². The number of Topliss-reactive ketones (excluding diaryl/α,β-unsaturated/α-hetero) is 1. The van der Waals surface area contributed by atoms with Crippen molar-refractivity contribution in [1.29, 1.82) is 0 Å². The highest BCUT2D eigenvalue weighted by Gasteiger charge is 2.10. The number of aromatic carboxylic acids is 1. The van der Waals surface area contributed by atoms with Gasteiger partial charge in [-0.2, -0.15) is 0 Å². The van der Waals surface area contributed by atoms with E-state index in [0.29, 0.717) is 11.3 Å². The molecule has 0 saturated carbocycles. The summed E-state index contributed by atoms with van der Waals surface area (Å²) in [5, 5.41) is 8.55. The molecule has 4 heteroatoms. The summed E-state index contributed by atoms with van der Waals surface area (Å²) in [7, 11) is 0. The Labute approximate surface area is 73.6 Å². The molecule has 64 valence electrons. The summed E-state index contributed by atoms with van der Waals surface area (Å²) in [5.41, 5.74) is 0. The Hall–Kier alpha value is -1.16. The van der Waals surface area contributed by atoms with E-state index in [1.165, 1.54) is 6.07 Å². The van der Waals surface area contributed by atoms with Crippen LogP contribution in [0.4, 0.5) is 0 Å². The number of carbonyl (C=O) groups excluding carboxylic acids is 1. The van der Waals surface area contributed by atoms with Crippen molar-refractivity contribution >= 4 is 23.1 Å². The zero-order valence-electron chi connectivity index (χ0n) is 6.53. The number of hydrogen-bond donors (Lipinski definition) is 1. The van der Waals surface area contributed by atoms with Gasteiger partial charge in [0.05, 0.1) is 4.88 Å². The van der Waals surface area contributed by atoms with E-state index in [4.69, 9.17) is 5.11 Å². The molecular formula is C8H8O3S. The molecule has 12 heavy (non-hydrogen) atoms. The maximum Gasteiger partial charge on any atom is 0.345 e. The molecule has 1 rings (SSSR count). The second-order valence-electron chi connectivity index (χ2n) is 2.25. The van der Waals surface area contributed by atoms with Gasteiger partial charge in [-0.1, -0.05) is 6.92 Å². The molecule has 1 heterocycles. The number of hydrogen-bond acceptors (Lipinski definition) is 3. The minimum absolute atomic E-state index is 0.00694. The predicted molar refractivity (Wildman–Crippen MR) is 45.9 cm³/mol. The molecule has 1 aromatic heterocycles. The van der Waals surface area contributed by atoms with Gasteiger partial charge >= 0.3 is 5.97 Å². The van der Waals surface area contributed by atoms with Gasteiger partial charge in [0, 0.05) is 6.42 Å². The van der Waals surface area contributed by atoms with Crippen LogP contribution in [-0.4, -0.2) is 16.9 Å². The molecule has 0 aromatic carbocycles. The van der Waals surface area contributed by atoms with Crippen LogP contribution in [0.25, 0.3) is 0 Å². The molecule has 3 nitrogen and oxygen atoms in total. The average Bonchev–Trinajstić information content (AvgIpc) is 2.51. The lowest BCUT2D eigenvalue weighted by Crippen LogP contribution is -1.92. The van der Waals surface area contributed by atoms with Crippen LogP contribution < -0.4 is 0 Å². The van der Waals surface area contributed by atoms with Gasteiger partial charge in [0.2, 0.25) is 0 Å². The SMILES string of the molecule is CCC(=O)c1ccc(C(=O)O)s1. The molecule has 0 bridgehead atoms. The highest BCUT2D eigenvalue weighted by Crippen LogP contribution is 2.17. The molecule has 0 aliphatic rings. The topological polar surface area (TPSA) is 54.4 Å². The fraction of sp³-hybridized carbons (Fsp3) is 0.250. The van der Waals surface area contributed by atoms with Gasteiger partial charge in [-0.05, 0) is 12.1 Å². The Balaban J connectivity index is 2.91. The van der Waals surface area contributed by atoms with Crippen LogP contribution in [0.3, 0.4) is 0 Å². The summed E-state index contributed by atoms with van der Waals surface area (Å²) in [6.07, 6.45) is 0.416. The lowest BCUT2D eigenvalue weighted by molar-refractivity contribution is 0.0702. The third-order valence-corrected chi connectivity index (χ3v) is 2.53. The second-order valence-corrected chi connectivity index (χ2v) is 3.33. The number of thiophene rings is 1. The largest absolute Gasteiger partial charge is 0.477 e. The summed E-state index contributed by atoms with van der Waals surface area (Å²) in [6, 6.07) is 3.01. The predicted octanol–water partition coefficient (Wildman–Crippen LogP) is 2.04. The molecule has 0 unspecified atom stereocenters. The Morgan fingerprint density at radius 1 is 1.42 bits per heavy atom. The van der Waals surface area contributed by atoms with Crippen LogP contribution in [0.15, 0.2) is 12.1 Å². The quantitative estimate of drug-likeness (QED) is 0.731. The highest BCUT2D eigenvalue weighted by molar-refractivity contribution is 7.15. The molecule has 0 aliphatic heterocycles. The van der Waals surface area contributed by atoms with Gasteiger partial charge in [0.25, 0.3) is 0 Å². The van der Waals surface area contributed by atoms with Crippen LogP contribution in [-0.2, 0) is 0 Å². The monoisotopic (exact) mass is 184 g/mol. The first-order valence-corrected chi connectivity index (χ1v) is 4.33. The van der Waals surface area contributed by atoms with E-state index >= 15 is 0 Å². The molecule has 1 aromatic rings. The third kappa shape index (κ3) is 1.71. The molecule has 0 amide bonds. The molecule has 0 fully saturated rings. The molecule has 1 N–H and O–H groups in total. The van der Waals surface area contributed by atoms with Crippen LogP contribution in [0.2, 0.25) is 0 Å². The zero-order chi connectivity index (χ0) is 9.14. The van der Waals surface area contributed by atoms with E-state index in [2.05, 4.69) is 0 Å². The van der Waals surface area contributed by atoms with E-state index in [1.54, 1.807) is 13.0 Å². The maximum atomic E-state index is 11.1. The first-order chi connectivity index (χ1) is 5.65. The van der Waals surface area contributed by atoms with Crippen LogP contribution in [0.5, 0.6) is 0 Å². The Morgan fingerprint density at radius 2 is 2.00 bits per heavy atom. The lowest BCUT2D eigenvalue weighted by Gasteiger charge is -1.88. The van der Waals surface area contributed by atoms with E-state index in [-0.39, 0.29) is 10.7 Å². The Kier molecular flexibility index (Phi) is 2.60. The molecule has 0 saturated heterocycles. The van der Waals surface area contributed by atoms with Gasteiger partial charge in [-0.15, -0.1) is 11.3 Å². The molecular weight excluding hydrogens is 176 g/mol. The number of carboxylic acids is 1. The summed E-state index contributed by atoms with van der Waals surface area (Å²) in [6.45, 7) is 1.75. The van der Waals surface area contributed by atoms with E-state index in [1.807, 2.05) is 0 Å². The standard InChI is InChI=1S/C8H8O3S/c1-2-5(9)6-3-4-7(12-6)8(10)11/h3-4H,2H2,1H3,(H,10,11). The number of carboxylic acid groups (broad SMARTS) is 1. The van der Waals surface area contributed by atoms with Gasteiger partial charge in [0.15, 0.2) is 5.78 Å². The first kappa shape index (κ1) is 8.93. The minimum atomic E-state index is -0.977. The van der Waals surface area contributed by atoms with Crippen molar-refractivity contribution in [3.05, 3.63) is 21.9 Å². The average molecular weight is 184 g/mol. The Bertz CT molecular complexity index is 314. The molecule has 0 radical (unpaired) electrons. The maximum absolute atomic E-state index is 11.1. The summed E-state index contributed by atoms with van der Waals surface area (Å²) in [5.74, 6) is -0.984. The third-order valence-electron chi connectivity index (χ3n) is 1.41. The van der Waals surface area contributed by atoms with Crippen molar-refractivity contribution in [2.75, 3.05) is 0 Å². The van der Waals surface area contributed by atoms with Crippen molar-refractivity contribution in [3.8, 4) is 0 Å². The van der Waals surface area contributed by atoms with Crippen LogP contribution in [0, 0.1) is 0 Å². The normalized spacial score (nSPS) is 9.75. The fourth-order valence-corrected chi connectivity index (χ4v) is 1.63. The number of carbonyl (C=O) groups is 2. The van der Waals surface area contributed by atoms with E-state index in [9.17, 15) is 9.59 Å². The van der Waals surface area contributed by atoms with Crippen molar-refractivity contribution < 1.29 is 14.7 Å². The smallest absolute Gasteiger partial charge is 0.345 e. The number of rotatable bonds is 3. The number of ketones is 1. The fourth-order valence-electron chi connectivity index (χ4n) is 0.777. The summed E-state index contributed by atoms with van der Waals surface area (Å²) < 4.78 is 0. The van der Waals surface area contributed by atoms with Gasteiger partial charge in [-0.25, -0.2) is 4.79 Å². The van der Waals surface area contributed by atoms with Crippen molar-refractivity contribution in [3.63, 3.8) is 0 Å². The summed E-state index contributed by atoms with van der Waals surface area (Å²) in [4.78, 5) is 22.2. The van der Waals surface area contributed by atoms with Gasteiger partial charge in [-0.3, -0.25) is 4.79 Å². The minimum Gasteiger partial charge on any atom is -0.477 e. The lowest BCUT2D eigenvalue weighted by atomic mass is 10.2. The van der Waals surface area contributed by atoms with Gasteiger partial charge in [0.1, 0.15) is 4.88 Å². The molecule has 0 aliphatic carbocycles. The van der Waals surface area contributed by atoms with Crippen molar-refractivity contribution in [2.45, 2.75) is 13.3 Å². The zero-order valence-corrected chi connectivity index (χ0v) is 7.35. The molecule has 0 spiro atoms. The summed E-state index contributed by atoms with van der Waals surface area (Å²) >= 11 is 1.02. The van der Waals surface area contributed by atoms with Crippen LogP contribution in [0.1, 0.15) is 32.7 Å². The van der Waals surface area contributed by atoms with Gasteiger partial charge < -0.3 is 5.11 Å². The highest BCUT2D eigenvalue weighted by atomic mass is 32.1. The van der Waals surface area contributed by atoms with E-state index in [0.717, 1.165) is 11.3 Å². The Morgan fingerprint density at radius 3 is 2.42 bits per heavy atom.